The predicted octanol–water partition coefficient (Wildman–Crippen LogP) is 1.68. The number of rotatable bonds is 7. The number of hydrogen-bond donors (Lipinski definition) is 2. The van der Waals surface area contributed by atoms with E-state index in [1.54, 1.807) is 0 Å². The summed E-state index contributed by atoms with van der Waals surface area (Å²) in [6.07, 6.45) is 0.846. The summed E-state index contributed by atoms with van der Waals surface area (Å²) < 4.78 is 42.1. The van der Waals surface area contributed by atoms with Gasteiger partial charge in [0, 0.05) is 13.1 Å². The summed E-state index contributed by atoms with van der Waals surface area (Å²) in [4.78, 5) is 37.0. The van der Waals surface area contributed by atoms with Crippen molar-refractivity contribution >= 4 is 17.8 Å². The zero-order valence-corrected chi connectivity index (χ0v) is 14.2. The number of carboxylic acids is 1. The molecule has 1 aliphatic heterocycles. The molecule has 1 fully saturated rings. The van der Waals surface area contributed by atoms with Gasteiger partial charge in [-0.15, -0.1) is 0 Å². The van der Waals surface area contributed by atoms with E-state index >= 15 is 0 Å². The van der Waals surface area contributed by atoms with Gasteiger partial charge < -0.3 is 20.1 Å². The Bertz CT molecular complexity index is 701. The van der Waals surface area contributed by atoms with Crippen LogP contribution in [0.25, 0.3) is 0 Å². The van der Waals surface area contributed by atoms with Gasteiger partial charge in [0.15, 0.2) is 6.04 Å². The first kappa shape index (κ1) is 20.5. The third-order valence-electron chi connectivity index (χ3n) is 4.18. The Kier molecular flexibility index (Phi) is 7.03. The number of nitrogens with zero attached hydrogens (tertiary/aromatic N) is 1. The third kappa shape index (κ3) is 5.35. The fourth-order valence-electron chi connectivity index (χ4n) is 2.84. The molecule has 0 bridgehead atoms. The van der Waals surface area contributed by atoms with Crippen LogP contribution in [0.1, 0.15) is 23.2 Å². The zero-order chi connectivity index (χ0) is 20.0. The van der Waals surface area contributed by atoms with Crippen LogP contribution in [0.4, 0.5) is 13.2 Å². The topological polar surface area (TPSA) is 95.9 Å². The SMILES string of the molecule is O=C(NC(CF)C(=O)O)C1CCCN(C(=O)c2ccccc2OC(F)F)C1. The monoisotopic (exact) mass is 388 g/mol. The molecule has 0 radical (unpaired) electrons. The van der Waals surface area contributed by atoms with E-state index in [0.717, 1.165) is 0 Å². The second-order valence-electron chi connectivity index (χ2n) is 6.02. The van der Waals surface area contributed by atoms with Gasteiger partial charge in [0.2, 0.25) is 5.91 Å². The summed E-state index contributed by atoms with van der Waals surface area (Å²) in [5.41, 5.74) is -0.0639. The summed E-state index contributed by atoms with van der Waals surface area (Å²) >= 11 is 0. The normalized spacial score (nSPS) is 18.1. The minimum atomic E-state index is -3.09. The number of benzene rings is 1. The molecular weight excluding hydrogens is 369 g/mol. The van der Waals surface area contributed by atoms with Crippen molar-refractivity contribution in [3.05, 3.63) is 29.8 Å². The second-order valence-corrected chi connectivity index (χ2v) is 6.02. The number of carbonyl (C=O) groups is 3. The molecule has 148 valence electrons. The number of piperidine rings is 1. The minimum Gasteiger partial charge on any atom is -0.480 e. The lowest BCUT2D eigenvalue weighted by Crippen LogP contribution is -2.50. The van der Waals surface area contributed by atoms with Gasteiger partial charge in [-0.05, 0) is 25.0 Å². The third-order valence-corrected chi connectivity index (χ3v) is 4.18. The molecule has 1 heterocycles. The van der Waals surface area contributed by atoms with E-state index in [2.05, 4.69) is 10.1 Å². The number of likely N-dealkylation sites (tertiary alicyclic amines) is 1. The molecule has 0 aliphatic carbocycles. The maximum absolute atomic E-state index is 12.7. The Balaban J connectivity index is 2.08. The summed E-state index contributed by atoms with van der Waals surface area (Å²) in [6, 6.07) is 3.88. The summed E-state index contributed by atoms with van der Waals surface area (Å²) in [5.74, 6) is -3.74. The van der Waals surface area contributed by atoms with Gasteiger partial charge >= 0.3 is 12.6 Å². The Hall–Kier alpha value is -2.78. The molecule has 1 aromatic carbocycles. The number of ether oxygens (including phenoxy) is 1. The number of nitrogens with one attached hydrogen (secondary N) is 1. The molecule has 7 nitrogen and oxygen atoms in total. The first-order valence-corrected chi connectivity index (χ1v) is 8.25. The predicted molar refractivity (Wildman–Crippen MR) is 87.2 cm³/mol. The van der Waals surface area contributed by atoms with Crippen LogP contribution >= 0.6 is 0 Å². The highest BCUT2D eigenvalue weighted by Gasteiger charge is 2.32. The smallest absolute Gasteiger partial charge is 0.387 e. The largest absolute Gasteiger partial charge is 0.480 e. The summed E-state index contributed by atoms with van der Waals surface area (Å²) in [7, 11) is 0. The van der Waals surface area contributed by atoms with Gasteiger partial charge in [-0.3, -0.25) is 9.59 Å². The van der Waals surface area contributed by atoms with Gasteiger partial charge in [0.05, 0.1) is 11.5 Å². The van der Waals surface area contributed by atoms with Crippen molar-refractivity contribution in [2.24, 2.45) is 5.92 Å². The molecule has 2 atom stereocenters. The standard InChI is InChI=1S/C17H19F3N2O5/c18-8-12(16(25)26)21-14(23)10-4-3-7-22(9-10)15(24)11-5-1-2-6-13(11)27-17(19)20/h1-2,5-6,10,12,17H,3-4,7-9H2,(H,21,23)(H,25,26). The highest BCUT2D eigenvalue weighted by molar-refractivity contribution is 5.97. The molecular formula is C17H19F3N2O5. The summed E-state index contributed by atoms with van der Waals surface area (Å²) in [6.45, 7) is -4.08. The molecule has 27 heavy (non-hydrogen) atoms. The quantitative estimate of drug-likeness (QED) is 0.741. The van der Waals surface area contributed by atoms with E-state index in [9.17, 15) is 27.6 Å². The minimum absolute atomic E-state index is 0.0354. The van der Waals surface area contributed by atoms with E-state index in [-0.39, 0.29) is 17.9 Å². The molecule has 1 aliphatic rings. The van der Waals surface area contributed by atoms with Crippen molar-refractivity contribution in [2.75, 3.05) is 19.8 Å². The zero-order valence-electron chi connectivity index (χ0n) is 14.2. The molecule has 0 aromatic heterocycles. The molecule has 0 saturated carbocycles. The molecule has 1 saturated heterocycles. The first-order chi connectivity index (χ1) is 12.8. The highest BCUT2D eigenvalue weighted by Crippen LogP contribution is 2.25. The number of alkyl halides is 3. The van der Waals surface area contributed by atoms with Gasteiger partial charge in [-0.25, -0.2) is 9.18 Å². The van der Waals surface area contributed by atoms with Gasteiger partial charge in [-0.1, -0.05) is 12.1 Å². The van der Waals surface area contributed by atoms with Crippen LogP contribution in [0.2, 0.25) is 0 Å². The van der Waals surface area contributed by atoms with Crippen LogP contribution in [0.3, 0.4) is 0 Å². The fourth-order valence-corrected chi connectivity index (χ4v) is 2.84. The number of amides is 2. The Morgan fingerprint density at radius 1 is 1.30 bits per heavy atom. The van der Waals surface area contributed by atoms with Crippen LogP contribution < -0.4 is 10.1 Å². The number of carboxylic acid groups (broad SMARTS) is 1. The highest BCUT2D eigenvalue weighted by atomic mass is 19.3. The molecule has 2 rings (SSSR count). The van der Waals surface area contributed by atoms with Crippen LogP contribution in [-0.2, 0) is 9.59 Å². The lowest BCUT2D eigenvalue weighted by Gasteiger charge is -2.32. The van der Waals surface area contributed by atoms with Crippen molar-refractivity contribution in [1.82, 2.24) is 10.2 Å². The molecule has 1 aromatic rings. The lowest BCUT2D eigenvalue weighted by molar-refractivity contribution is -0.143. The van der Waals surface area contributed by atoms with Crippen LogP contribution in [0, 0.1) is 5.92 Å². The van der Waals surface area contributed by atoms with Gasteiger partial charge in [0.25, 0.3) is 5.91 Å². The molecule has 2 N–H and O–H groups in total. The van der Waals surface area contributed by atoms with E-state index in [1.807, 2.05) is 0 Å². The number of halogens is 3. The Morgan fingerprint density at radius 2 is 2.00 bits per heavy atom. The van der Waals surface area contributed by atoms with E-state index in [1.165, 1.54) is 29.2 Å². The Morgan fingerprint density at radius 3 is 2.63 bits per heavy atom. The van der Waals surface area contributed by atoms with Crippen molar-refractivity contribution in [2.45, 2.75) is 25.5 Å². The van der Waals surface area contributed by atoms with Crippen LogP contribution in [0.15, 0.2) is 24.3 Å². The average molecular weight is 388 g/mol. The van der Waals surface area contributed by atoms with Gasteiger partial charge in [0.1, 0.15) is 12.4 Å². The van der Waals surface area contributed by atoms with Crippen LogP contribution in [0.5, 0.6) is 5.75 Å². The molecule has 0 spiro atoms. The average Bonchev–Trinajstić information content (AvgIpc) is 2.65. The van der Waals surface area contributed by atoms with E-state index in [4.69, 9.17) is 5.11 Å². The molecule has 10 heteroatoms. The number of carbonyl (C=O) groups excluding carboxylic acids is 2. The number of aliphatic carboxylic acids is 1. The van der Waals surface area contributed by atoms with Crippen LogP contribution in [-0.4, -0.2) is 60.2 Å². The maximum Gasteiger partial charge on any atom is 0.387 e. The van der Waals surface area contributed by atoms with Crippen molar-refractivity contribution < 1.29 is 37.4 Å². The number of para-hydroxylation sites is 1. The van der Waals surface area contributed by atoms with E-state index < -0.39 is 43.0 Å². The molecule has 2 unspecified atom stereocenters. The molecule has 2 amide bonds. The number of hydrogen-bond acceptors (Lipinski definition) is 4. The fraction of sp³-hybridized carbons (Fsp3) is 0.471. The van der Waals surface area contributed by atoms with Gasteiger partial charge in [-0.2, -0.15) is 8.78 Å². The van der Waals surface area contributed by atoms with Crippen molar-refractivity contribution in [3.8, 4) is 5.75 Å². The maximum atomic E-state index is 12.7. The summed E-state index contributed by atoms with van der Waals surface area (Å²) in [5, 5.41) is 10.9. The van der Waals surface area contributed by atoms with Crippen molar-refractivity contribution in [3.63, 3.8) is 0 Å². The van der Waals surface area contributed by atoms with Crippen molar-refractivity contribution in [1.29, 1.82) is 0 Å². The lowest BCUT2D eigenvalue weighted by atomic mass is 9.96. The first-order valence-electron chi connectivity index (χ1n) is 8.25. The second kappa shape index (κ2) is 9.24. The Labute approximate surface area is 153 Å². The van der Waals surface area contributed by atoms with E-state index in [0.29, 0.717) is 19.4 Å².